The van der Waals surface area contributed by atoms with Gasteiger partial charge in [0.2, 0.25) is 10.0 Å². The van der Waals surface area contributed by atoms with E-state index in [0.29, 0.717) is 22.0 Å². The number of fused-ring (bicyclic) bond motifs is 4. The zero-order chi connectivity index (χ0) is 23.9. The van der Waals surface area contributed by atoms with Gasteiger partial charge in [0.15, 0.2) is 0 Å². The summed E-state index contributed by atoms with van der Waals surface area (Å²) >= 11 is 0. The van der Waals surface area contributed by atoms with Crippen molar-refractivity contribution in [1.82, 2.24) is 9.62 Å². The summed E-state index contributed by atoms with van der Waals surface area (Å²) in [6.45, 7) is 7.04. The second kappa shape index (κ2) is 8.80. The van der Waals surface area contributed by atoms with Crippen LogP contribution in [0.3, 0.4) is 0 Å². The maximum atomic E-state index is 13.6. The fraction of sp³-hybridized carbons (Fsp3) is 0.370. The highest BCUT2D eigenvalue weighted by molar-refractivity contribution is 7.89. The van der Waals surface area contributed by atoms with E-state index >= 15 is 0 Å². The molecule has 6 rings (SSSR count). The minimum atomic E-state index is -3.75. The van der Waals surface area contributed by atoms with Crippen molar-refractivity contribution < 1.29 is 13.2 Å². The third-order valence-corrected chi connectivity index (χ3v) is 9.44. The molecule has 3 aromatic carbocycles. The Balaban J connectivity index is 1.45. The van der Waals surface area contributed by atoms with Gasteiger partial charge in [0, 0.05) is 28.1 Å². The number of anilines is 1. The Bertz CT molecular complexity index is 1330. The van der Waals surface area contributed by atoms with E-state index in [1.807, 2.05) is 50.2 Å². The number of amides is 1. The van der Waals surface area contributed by atoms with Gasteiger partial charge in [0.05, 0.1) is 4.90 Å². The number of benzene rings is 3. The Labute approximate surface area is 201 Å². The summed E-state index contributed by atoms with van der Waals surface area (Å²) in [7, 11) is -3.75. The van der Waals surface area contributed by atoms with Crippen molar-refractivity contribution in [2.75, 3.05) is 25.0 Å². The third kappa shape index (κ3) is 4.13. The minimum absolute atomic E-state index is 0.0269. The van der Waals surface area contributed by atoms with E-state index in [-0.39, 0.29) is 22.3 Å². The van der Waals surface area contributed by atoms with Crippen molar-refractivity contribution in [3.63, 3.8) is 0 Å². The van der Waals surface area contributed by atoms with Gasteiger partial charge in [-0.2, -0.15) is 0 Å². The van der Waals surface area contributed by atoms with E-state index < -0.39 is 10.0 Å². The first-order chi connectivity index (χ1) is 16.3. The number of sulfonamides is 1. The Morgan fingerprint density at radius 3 is 2.21 bits per heavy atom. The molecule has 1 unspecified atom stereocenters. The zero-order valence-corrected chi connectivity index (χ0v) is 20.5. The number of rotatable bonds is 6. The molecule has 2 N–H and O–H groups in total. The topological polar surface area (TPSA) is 78.5 Å². The van der Waals surface area contributed by atoms with Crippen LogP contribution in [-0.2, 0) is 10.0 Å². The van der Waals surface area contributed by atoms with E-state index in [1.165, 1.54) is 0 Å². The predicted molar refractivity (Wildman–Crippen MR) is 136 cm³/mol. The van der Waals surface area contributed by atoms with Gasteiger partial charge in [-0.3, -0.25) is 4.79 Å². The molecule has 0 spiro atoms. The number of carbonyl (C=O) groups excluding carboxylic acids is 1. The highest BCUT2D eigenvalue weighted by Crippen LogP contribution is 2.43. The lowest BCUT2D eigenvalue weighted by molar-refractivity contribution is 0.00716. The molecule has 3 heterocycles. The van der Waals surface area contributed by atoms with Crippen molar-refractivity contribution in [3.05, 3.63) is 71.8 Å². The van der Waals surface area contributed by atoms with Gasteiger partial charge in [0.1, 0.15) is 0 Å². The number of carbonyl (C=O) groups is 1. The molecule has 0 aromatic heterocycles. The van der Waals surface area contributed by atoms with Crippen LogP contribution in [0.25, 0.3) is 10.8 Å². The summed E-state index contributed by atoms with van der Waals surface area (Å²) in [6, 6.07) is 17.9. The number of aryl methyl sites for hydroxylation is 1. The SMILES string of the molecule is Cc1ccccc1C(=O)Nc1ccc(S(=O)(=O)NC(C)C23CCN(CC2)CC3)c2ccccc12. The maximum absolute atomic E-state index is 13.6. The molecule has 3 fully saturated rings. The zero-order valence-electron chi connectivity index (χ0n) is 19.7. The summed E-state index contributed by atoms with van der Waals surface area (Å²) in [6.07, 6.45) is 3.09. The van der Waals surface area contributed by atoms with Crippen molar-refractivity contribution in [1.29, 1.82) is 0 Å². The van der Waals surface area contributed by atoms with Gasteiger partial charge in [0.25, 0.3) is 5.91 Å². The van der Waals surface area contributed by atoms with Crippen molar-refractivity contribution in [3.8, 4) is 0 Å². The van der Waals surface area contributed by atoms with Crippen LogP contribution in [0.4, 0.5) is 5.69 Å². The normalized spacial score (nSPS) is 23.1. The summed E-state index contributed by atoms with van der Waals surface area (Å²) in [4.78, 5) is 15.6. The predicted octanol–water partition coefficient (Wildman–Crippen LogP) is 4.55. The summed E-state index contributed by atoms with van der Waals surface area (Å²) in [5.41, 5.74) is 2.10. The van der Waals surface area contributed by atoms with Crippen LogP contribution >= 0.6 is 0 Å². The summed E-state index contributed by atoms with van der Waals surface area (Å²) < 4.78 is 30.1. The van der Waals surface area contributed by atoms with Crippen LogP contribution in [0.2, 0.25) is 0 Å². The van der Waals surface area contributed by atoms with Crippen molar-refractivity contribution in [2.45, 2.75) is 44.0 Å². The Hall–Kier alpha value is -2.74. The smallest absolute Gasteiger partial charge is 0.255 e. The second-order valence-electron chi connectivity index (χ2n) is 9.72. The maximum Gasteiger partial charge on any atom is 0.255 e. The van der Waals surface area contributed by atoms with Gasteiger partial charge in [-0.1, -0.05) is 42.5 Å². The molecule has 0 radical (unpaired) electrons. The highest BCUT2D eigenvalue weighted by Gasteiger charge is 2.44. The molecule has 6 nitrogen and oxygen atoms in total. The molecule has 3 aliphatic heterocycles. The number of hydrogen-bond acceptors (Lipinski definition) is 4. The lowest BCUT2D eigenvalue weighted by Gasteiger charge is -2.51. The molecule has 7 heteroatoms. The van der Waals surface area contributed by atoms with Crippen LogP contribution in [-0.4, -0.2) is 44.9 Å². The van der Waals surface area contributed by atoms with Gasteiger partial charge < -0.3 is 10.2 Å². The van der Waals surface area contributed by atoms with Crippen LogP contribution in [0.5, 0.6) is 0 Å². The quantitative estimate of drug-likeness (QED) is 0.546. The van der Waals surface area contributed by atoms with E-state index in [2.05, 4.69) is 14.9 Å². The average molecular weight is 478 g/mol. The first kappa shape index (κ1) is 23.0. The second-order valence-corrected chi connectivity index (χ2v) is 11.4. The van der Waals surface area contributed by atoms with Crippen LogP contribution in [0.15, 0.2) is 65.6 Å². The molecule has 1 amide bonds. The molecule has 2 bridgehead atoms. The molecular formula is C27H31N3O3S. The van der Waals surface area contributed by atoms with Gasteiger partial charge in [-0.15, -0.1) is 0 Å². The van der Waals surface area contributed by atoms with Gasteiger partial charge in [-0.05, 0) is 81.9 Å². The van der Waals surface area contributed by atoms with Crippen molar-refractivity contribution >= 4 is 32.4 Å². The van der Waals surface area contributed by atoms with E-state index in [1.54, 1.807) is 24.3 Å². The Kier molecular flexibility index (Phi) is 5.96. The Morgan fingerprint density at radius 2 is 1.53 bits per heavy atom. The molecule has 34 heavy (non-hydrogen) atoms. The fourth-order valence-corrected chi connectivity index (χ4v) is 7.11. The molecule has 178 valence electrons. The number of piperidine rings is 3. The largest absolute Gasteiger partial charge is 0.321 e. The lowest BCUT2D eigenvalue weighted by Crippen LogP contribution is -2.56. The molecule has 1 atom stereocenters. The molecule has 0 aliphatic carbocycles. The molecule has 0 saturated carbocycles. The monoisotopic (exact) mass is 477 g/mol. The van der Waals surface area contributed by atoms with E-state index in [4.69, 9.17) is 0 Å². The van der Waals surface area contributed by atoms with Gasteiger partial charge in [-0.25, -0.2) is 13.1 Å². The van der Waals surface area contributed by atoms with Crippen LogP contribution < -0.4 is 10.0 Å². The molecular weight excluding hydrogens is 446 g/mol. The molecule has 3 saturated heterocycles. The third-order valence-electron chi connectivity index (χ3n) is 7.84. The van der Waals surface area contributed by atoms with Crippen molar-refractivity contribution in [2.24, 2.45) is 5.41 Å². The minimum Gasteiger partial charge on any atom is -0.321 e. The Morgan fingerprint density at radius 1 is 0.912 bits per heavy atom. The van der Waals surface area contributed by atoms with E-state index in [9.17, 15) is 13.2 Å². The molecule has 3 aromatic rings. The van der Waals surface area contributed by atoms with Crippen LogP contribution in [0.1, 0.15) is 42.1 Å². The standard InChI is InChI=1S/C27H31N3O3S/c1-19-7-3-4-8-21(19)26(31)28-24-11-12-25(23-10-6-5-9-22(23)24)34(32,33)29-20(2)27-13-16-30(17-14-27)18-15-27/h3-12,20,29H,13-18H2,1-2H3,(H,28,31). The van der Waals surface area contributed by atoms with E-state index in [0.717, 1.165) is 44.5 Å². The highest BCUT2D eigenvalue weighted by atomic mass is 32.2. The number of hydrogen-bond donors (Lipinski definition) is 2. The van der Waals surface area contributed by atoms with Gasteiger partial charge >= 0.3 is 0 Å². The number of nitrogens with one attached hydrogen (secondary N) is 2. The summed E-state index contributed by atoms with van der Waals surface area (Å²) in [5, 5.41) is 4.27. The first-order valence-electron chi connectivity index (χ1n) is 11.9. The number of nitrogens with zero attached hydrogens (tertiary/aromatic N) is 1. The first-order valence-corrected chi connectivity index (χ1v) is 13.4. The fourth-order valence-electron chi connectivity index (χ4n) is 5.56. The van der Waals surface area contributed by atoms with Crippen LogP contribution in [0, 0.1) is 12.3 Å². The molecule has 3 aliphatic rings. The average Bonchev–Trinajstić information content (AvgIpc) is 2.85. The lowest BCUT2D eigenvalue weighted by atomic mass is 9.68. The summed E-state index contributed by atoms with van der Waals surface area (Å²) in [5.74, 6) is -0.214.